The summed E-state index contributed by atoms with van der Waals surface area (Å²) in [5, 5.41) is 3.99. The van der Waals surface area contributed by atoms with Crippen molar-refractivity contribution in [2.45, 2.75) is 51.7 Å². The Morgan fingerprint density at radius 3 is 2.09 bits per heavy atom. The highest BCUT2D eigenvalue weighted by Crippen LogP contribution is 2.24. The molecule has 1 atom stereocenters. The SMILES string of the molecule is CC(C)NC(=O)C(Cc1ccccc1)N(Cc1ccc(Cl)cc1Cl)C(=O)CCc1ccccc1. The molecular weight excluding hydrogens is 467 g/mol. The van der Waals surface area contributed by atoms with Gasteiger partial charge in [-0.3, -0.25) is 9.59 Å². The van der Waals surface area contributed by atoms with Gasteiger partial charge in [-0.05, 0) is 49.1 Å². The predicted octanol–water partition coefficient (Wildman–Crippen LogP) is 6.09. The molecule has 6 heteroatoms. The van der Waals surface area contributed by atoms with Crippen molar-refractivity contribution in [3.8, 4) is 0 Å². The molecule has 0 spiro atoms. The van der Waals surface area contributed by atoms with Gasteiger partial charge < -0.3 is 10.2 Å². The van der Waals surface area contributed by atoms with E-state index in [9.17, 15) is 9.59 Å². The Morgan fingerprint density at radius 1 is 0.882 bits per heavy atom. The number of benzene rings is 3. The van der Waals surface area contributed by atoms with E-state index < -0.39 is 6.04 Å². The third-order valence-electron chi connectivity index (χ3n) is 5.53. The van der Waals surface area contributed by atoms with Crippen molar-refractivity contribution in [2.75, 3.05) is 0 Å². The van der Waals surface area contributed by atoms with Crippen LogP contribution in [0.3, 0.4) is 0 Å². The summed E-state index contributed by atoms with van der Waals surface area (Å²) in [7, 11) is 0. The second kappa shape index (κ2) is 12.6. The van der Waals surface area contributed by atoms with Crippen molar-refractivity contribution >= 4 is 35.0 Å². The predicted molar refractivity (Wildman–Crippen MR) is 139 cm³/mol. The highest BCUT2D eigenvalue weighted by Gasteiger charge is 2.31. The van der Waals surface area contributed by atoms with E-state index in [1.54, 1.807) is 17.0 Å². The van der Waals surface area contributed by atoms with Crippen molar-refractivity contribution in [1.82, 2.24) is 10.2 Å². The Balaban J connectivity index is 1.93. The highest BCUT2D eigenvalue weighted by atomic mass is 35.5. The Hall–Kier alpha value is -2.82. The van der Waals surface area contributed by atoms with E-state index in [0.29, 0.717) is 22.9 Å². The summed E-state index contributed by atoms with van der Waals surface area (Å²) in [6.45, 7) is 4.04. The summed E-state index contributed by atoms with van der Waals surface area (Å²) in [4.78, 5) is 28.6. The van der Waals surface area contributed by atoms with Crippen LogP contribution in [0.4, 0.5) is 0 Å². The monoisotopic (exact) mass is 496 g/mol. The zero-order valence-corrected chi connectivity index (χ0v) is 21.0. The molecule has 4 nitrogen and oxygen atoms in total. The van der Waals surface area contributed by atoms with E-state index in [-0.39, 0.29) is 30.8 Å². The van der Waals surface area contributed by atoms with Gasteiger partial charge in [-0.15, -0.1) is 0 Å². The summed E-state index contributed by atoms with van der Waals surface area (Å²) >= 11 is 12.5. The second-order valence-electron chi connectivity index (χ2n) is 8.61. The maximum absolute atomic E-state index is 13.6. The average molecular weight is 497 g/mol. The summed E-state index contributed by atoms with van der Waals surface area (Å²) in [6.07, 6.45) is 1.28. The fourth-order valence-corrected chi connectivity index (χ4v) is 4.28. The number of carbonyl (C=O) groups is 2. The minimum atomic E-state index is -0.681. The molecule has 0 saturated heterocycles. The van der Waals surface area contributed by atoms with Crippen molar-refractivity contribution in [1.29, 1.82) is 0 Å². The van der Waals surface area contributed by atoms with Gasteiger partial charge in [0, 0.05) is 35.5 Å². The first-order chi connectivity index (χ1) is 16.3. The van der Waals surface area contributed by atoms with Gasteiger partial charge in [0.15, 0.2) is 0 Å². The molecule has 3 aromatic carbocycles. The number of hydrogen-bond acceptors (Lipinski definition) is 2. The molecular formula is C28H30Cl2N2O2. The first kappa shape index (κ1) is 25.8. The molecule has 0 saturated carbocycles. The number of carbonyl (C=O) groups excluding carboxylic acids is 2. The molecule has 0 bridgehead atoms. The van der Waals surface area contributed by atoms with Crippen LogP contribution in [0, 0.1) is 0 Å². The van der Waals surface area contributed by atoms with Crippen molar-refractivity contribution < 1.29 is 9.59 Å². The molecule has 178 valence electrons. The summed E-state index contributed by atoms with van der Waals surface area (Å²) in [6, 6.07) is 24.1. The van der Waals surface area contributed by atoms with Crippen molar-refractivity contribution in [3.63, 3.8) is 0 Å². The molecule has 34 heavy (non-hydrogen) atoms. The Bertz CT molecular complexity index is 1090. The van der Waals surface area contributed by atoms with Gasteiger partial charge in [-0.25, -0.2) is 0 Å². The minimum Gasteiger partial charge on any atom is -0.352 e. The quantitative estimate of drug-likeness (QED) is 0.369. The number of halogens is 2. The molecule has 3 aromatic rings. The first-order valence-electron chi connectivity index (χ1n) is 11.4. The van der Waals surface area contributed by atoms with Crippen LogP contribution in [0.1, 0.15) is 37.0 Å². The lowest BCUT2D eigenvalue weighted by Gasteiger charge is -2.32. The van der Waals surface area contributed by atoms with Crippen LogP contribution in [0.25, 0.3) is 0 Å². The molecule has 0 aliphatic heterocycles. The van der Waals surface area contributed by atoms with Crippen LogP contribution in [-0.2, 0) is 29.0 Å². The molecule has 0 heterocycles. The summed E-state index contributed by atoms with van der Waals surface area (Å²) < 4.78 is 0. The molecule has 1 N–H and O–H groups in total. The van der Waals surface area contributed by atoms with Crippen LogP contribution >= 0.6 is 23.2 Å². The average Bonchev–Trinajstić information content (AvgIpc) is 2.82. The third kappa shape index (κ3) is 7.61. The number of nitrogens with one attached hydrogen (secondary N) is 1. The van der Waals surface area contributed by atoms with Crippen LogP contribution in [0.5, 0.6) is 0 Å². The van der Waals surface area contributed by atoms with Gasteiger partial charge in [0.1, 0.15) is 6.04 Å². The van der Waals surface area contributed by atoms with Gasteiger partial charge in [0.2, 0.25) is 11.8 Å². The number of rotatable bonds is 10. The topological polar surface area (TPSA) is 49.4 Å². The molecule has 0 radical (unpaired) electrons. The molecule has 0 fully saturated rings. The van der Waals surface area contributed by atoms with Crippen molar-refractivity contribution in [3.05, 3.63) is 106 Å². The van der Waals surface area contributed by atoms with E-state index in [2.05, 4.69) is 5.32 Å². The second-order valence-corrected chi connectivity index (χ2v) is 9.46. The van der Waals surface area contributed by atoms with E-state index >= 15 is 0 Å². The van der Waals surface area contributed by atoms with Crippen LogP contribution in [-0.4, -0.2) is 28.8 Å². The van der Waals surface area contributed by atoms with Crippen LogP contribution in [0.15, 0.2) is 78.9 Å². The van der Waals surface area contributed by atoms with E-state index in [4.69, 9.17) is 23.2 Å². The third-order valence-corrected chi connectivity index (χ3v) is 6.12. The van der Waals surface area contributed by atoms with E-state index in [1.165, 1.54) is 0 Å². The fraction of sp³-hybridized carbons (Fsp3) is 0.286. The Labute approximate surface area is 211 Å². The van der Waals surface area contributed by atoms with E-state index in [1.807, 2.05) is 80.6 Å². The standard InChI is InChI=1S/C28H30Cl2N2O2/c1-20(2)31-28(34)26(17-22-11-7-4-8-12-22)32(19-23-14-15-24(29)18-25(23)30)27(33)16-13-21-9-5-3-6-10-21/h3-12,14-15,18,20,26H,13,16-17,19H2,1-2H3,(H,31,34). The number of amides is 2. The fourth-order valence-electron chi connectivity index (χ4n) is 3.81. The Kier molecular flexibility index (Phi) is 9.55. The number of nitrogens with zero attached hydrogens (tertiary/aromatic N) is 1. The molecule has 2 amide bonds. The summed E-state index contributed by atoms with van der Waals surface area (Å²) in [5.41, 5.74) is 2.80. The number of aryl methyl sites for hydroxylation is 1. The van der Waals surface area contributed by atoms with E-state index in [0.717, 1.165) is 16.7 Å². The lowest BCUT2D eigenvalue weighted by Crippen LogP contribution is -2.51. The van der Waals surface area contributed by atoms with Gasteiger partial charge in [-0.2, -0.15) is 0 Å². The highest BCUT2D eigenvalue weighted by molar-refractivity contribution is 6.35. The minimum absolute atomic E-state index is 0.0498. The zero-order valence-electron chi connectivity index (χ0n) is 19.5. The van der Waals surface area contributed by atoms with Gasteiger partial charge in [-0.1, -0.05) is 89.9 Å². The Morgan fingerprint density at radius 2 is 1.50 bits per heavy atom. The maximum Gasteiger partial charge on any atom is 0.243 e. The maximum atomic E-state index is 13.6. The van der Waals surface area contributed by atoms with Gasteiger partial charge in [0.05, 0.1) is 0 Å². The lowest BCUT2D eigenvalue weighted by molar-refractivity contribution is -0.141. The molecule has 0 aliphatic rings. The van der Waals surface area contributed by atoms with Gasteiger partial charge >= 0.3 is 0 Å². The summed E-state index contributed by atoms with van der Waals surface area (Å²) in [5.74, 6) is -0.285. The molecule has 1 unspecified atom stereocenters. The largest absolute Gasteiger partial charge is 0.352 e. The molecule has 3 rings (SSSR count). The first-order valence-corrected chi connectivity index (χ1v) is 12.2. The molecule has 0 aliphatic carbocycles. The zero-order chi connectivity index (χ0) is 24.5. The van der Waals surface area contributed by atoms with Crippen LogP contribution < -0.4 is 5.32 Å². The number of hydrogen-bond donors (Lipinski definition) is 1. The molecule has 0 aromatic heterocycles. The normalized spacial score (nSPS) is 11.8. The van der Waals surface area contributed by atoms with Crippen LogP contribution in [0.2, 0.25) is 10.0 Å². The lowest BCUT2D eigenvalue weighted by atomic mass is 10.0. The van der Waals surface area contributed by atoms with Crippen molar-refractivity contribution in [2.24, 2.45) is 0 Å². The van der Waals surface area contributed by atoms with Gasteiger partial charge in [0.25, 0.3) is 0 Å². The smallest absolute Gasteiger partial charge is 0.243 e.